The normalized spacial score (nSPS) is 14.6. The van der Waals surface area contributed by atoms with Crippen molar-refractivity contribution >= 4 is 38.9 Å². The lowest BCUT2D eigenvalue weighted by atomic mass is 9.93. The van der Waals surface area contributed by atoms with Crippen molar-refractivity contribution in [2.45, 2.75) is 70.5 Å². The zero-order valence-corrected chi connectivity index (χ0v) is 30.9. The number of carbonyl (C=O) groups excluding carboxylic acids is 2. The Bertz CT molecular complexity index is 1330. The van der Waals surface area contributed by atoms with Crippen LogP contribution < -0.4 is 10.4 Å². The first-order chi connectivity index (χ1) is 22.1. The van der Waals surface area contributed by atoms with Gasteiger partial charge >= 0.3 is 29.2 Å². The van der Waals surface area contributed by atoms with Crippen molar-refractivity contribution in [1.29, 1.82) is 5.39 Å². The molecule has 0 aliphatic rings. The zero-order valence-electron chi connectivity index (χ0n) is 28.9. The summed E-state index contributed by atoms with van der Waals surface area (Å²) in [5.74, 6) is -2.79. The minimum absolute atomic E-state index is 0.0446. The summed E-state index contributed by atoms with van der Waals surface area (Å²) in [5.41, 5.74) is -3.24. The molecular weight excluding hydrogens is 641 g/mol. The van der Waals surface area contributed by atoms with Crippen molar-refractivity contribution in [3.05, 3.63) is 77.3 Å². The number of diazo groups is 1. The third-order valence-corrected chi connectivity index (χ3v) is 13.1. The number of hydrogen-bond acceptors (Lipinski definition) is 11. The summed E-state index contributed by atoms with van der Waals surface area (Å²) < 4.78 is 40.3. The van der Waals surface area contributed by atoms with Gasteiger partial charge in [0.2, 0.25) is 5.39 Å². The molecule has 47 heavy (non-hydrogen) atoms. The van der Waals surface area contributed by atoms with Crippen LogP contribution in [0.2, 0.25) is 24.7 Å². The number of aliphatic hydroxyl groups excluding tert-OH is 1. The fourth-order valence-electron chi connectivity index (χ4n) is 5.36. The zero-order chi connectivity index (χ0) is 35.3. The Balaban J connectivity index is 2.94. The molecule has 0 aliphatic heterocycles. The van der Waals surface area contributed by atoms with E-state index in [1.54, 1.807) is 26.6 Å². The van der Waals surface area contributed by atoms with Crippen LogP contribution in [0, 0.1) is 5.39 Å². The average molecular weight is 690 g/mol. The van der Waals surface area contributed by atoms with Gasteiger partial charge in [0, 0.05) is 7.11 Å². The van der Waals surface area contributed by atoms with Crippen LogP contribution >= 0.6 is 0 Å². The molecule has 0 heterocycles. The van der Waals surface area contributed by atoms with Crippen LogP contribution in [0.3, 0.4) is 0 Å². The molecule has 258 valence electrons. The number of methoxy groups -OCH3 is 2. The molecule has 2 aromatic carbocycles. The molecular formula is C33H49N2O10Si2+. The summed E-state index contributed by atoms with van der Waals surface area (Å²) in [6.45, 7) is 12.5. The first-order valence-corrected chi connectivity index (χ1v) is 20.7. The minimum Gasteiger partial charge on any atom is -0.475 e. The maximum absolute atomic E-state index is 14.0. The Morgan fingerprint density at radius 3 is 1.94 bits per heavy atom. The molecule has 0 amide bonds. The van der Waals surface area contributed by atoms with E-state index in [1.807, 2.05) is 60.7 Å². The van der Waals surface area contributed by atoms with Gasteiger partial charge in [0.15, 0.2) is 19.4 Å². The van der Waals surface area contributed by atoms with E-state index in [9.17, 15) is 20.1 Å². The Labute approximate surface area is 279 Å². The number of aliphatic hydroxyl groups is 1. The topological polar surface area (TPSA) is 147 Å². The summed E-state index contributed by atoms with van der Waals surface area (Å²) in [5, 5.41) is 22.7. The molecule has 0 saturated carbocycles. The fraction of sp³-hybridized carbons (Fsp3) is 0.515. The summed E-state index contributed by atoms with van der Waals surface area (Å²) >= 11 is 0. The van der Waals surface area contributed by atoms with Crippen LogP contribution in [0.5, 0.6) is 0 Å². The number of nitrogens with zero attached hydrogens (tertiary/aromatic N) is 2. The Morgan fingerprint density at radius 2 is 1.51 bits per heavy atom. The molecule has 2 atom stereocenters. The second kappa shape index (κ2) is 17.5. The van der Waals surface area contributed by atoms with Crippen LogP contribution in [0.15, 0.2) is 72.3 Å². The monoisotopic (exact) mass is 689 g/mol. The lowest BCUT2D eigenvalue weighted by Gasteiger charge is -2.45. The molecule has 2 aromatic rings. The summed E-state index contributed by atoms with van der Waals surface area (Å²) in [7, 11) is -3.60. The second-order valence-corrected chi connectivity index (χ2v) is 21.4. The first kappa shape index (κ1) is 39.6. The molecule has 2 rings (SSSR count). The third-order valence-electron chi connectivity index (χ3n) is 7.14. The Kier molecular flexibility index (Phi) is 14.8. The molecule has 0 spiro atoms. The maximum Gasteiger partial charge on any atom is 0.486 e. The van der Waals surface area contributed by atoms with E-state index >= 15 is 0 Å². The molecule has 0 bridgehead atoms. The molecule has 0 aliphatic carbocycles. The number of carbonyl (C=O) groups is 2. The number of esters is 2. The maximum atomic E-state index is 14.0. The van der Waals surface area contributed by atoms with E-state index in [0.717, 1.165) is 17.5 Å². The molecule has 0 saturated heterocycles. The lowest BCUT2D eigenvalue weighted by molar-refractivity contribution is -0.181. The highest BCUT2D eigenvalue weighted by Crippen LogP contribution is 2.40. The summed E-state index contributed by atoms with van der Waals surface area (Å²) in [6, 6.07) is 19.5. The van der Waals surface area contributed by atoms with E-state index in [0.29, 0.717) is 0 Å². The molecule has 0 radical (unpaired) electrons. The van der Waals surface area contributed by atoms with Crippen molar-refractivity contribution in [3.63, 3.8) is 0 Å². The largest absolute Gasteiger partial charge is 0.486 e. The molecule has 0 aromatic heterocycles. The number of hydrogen-bond donors (Lipinski definition) is 1. The first-order valence-electron chi connectivity index (χ1n) is 15.4. The van der Waals surface area contributed by atoms with Crippen LogP contribution in [0.4, 0.5) is 0 Å². The Hall–Kier alpha value is -3.59. The van der Waals surface area contributed by atoms with E-state index in [4.69, 9.17) is 32.5 Å². The Morgan fingerprint density at radius 1 is 0.957 bits per heavy atom. The third kappa shape index (κ3) is 9.72. The van der Waals surface area contributed by atoms with Crippen molar-refractivity contribution in [3.8, 4) is 0 Å². The van der Waals surface area contributed by atoms with E-state index in [-0.39, 0.29) is 26.4 Å². The van der Waals surface area contributed by atoms with Crippen LogP contribution in [0.25, 0.3) is 4.98 Å². The van der Waals surface area contributed by atoms with Gasteiger partial charge in [-0.2, -0.15) is 0 Å². The highest BCUT2D eigenvalue weighted by molar-refractivity contribution is 6.99. The van der Waals surface area contributed by atoms with Crippen LogP contribution in [-0.2, 0) is 42.1 Å². The highest BCUT2D eigenvalue weighted by atomic mass is 28.4. The minimum atomic E-state index is -3.30. The predicted octanol–water partition coefficient (Wildman–Crippen LogP) is 4.87. The van der Waals surface area contributed by atoms with Gasteiger partial charge < -0.3 is 37.6 Å². The van der Waals surface area contributed by atoms with Gasteiger partial charge in [-0.25, -0.2) is 4.79 Å². The molecule has 12 nitrogen and oxygen atoms in total. The number of rotatable bonds is 18. The van der Waals surface area contributed by atoms with Crippen LogP contribution in [0.1, 0.15) is 34.1 Å². The van der Waals surface area contributed by atoms with Gasteiger partial charge in [0.1, 0.15) is 6.79 Å². The van der Waals surface area contributed by atoms with E-state index in [1.165, 1.54) is 7.11 Å². The number of ether oxygens (including phenoxy) is 5. The molecule has 14 heteroatoms. The highest BCUT2D eigenvalue weighted by Gasteiger charge is 2.66. The van der Waals surface area contributed by atoms with E-state index < -0.39 is 63.6 Å². The van der Waals surface area contributed by atoms with Crippen molar-refractivity contribution in [1.82, 2.24) is 0 Å². The summed E-state index contributed by atoms with van der Waals surface area (Å²) in [6.07, 6.45) is -1.87. The predicted molar refractivity (Wildman–Crippen MR) is 181 cm³/mol. The van der Waals surface area contributed by atoms with Crippen molar-refractivity contribution < 1.29 is 47.2 Å². The summed E-state index contributed by atoms with van der Waals surface area (Å²) in [4.78, 5) is 30.7. The lowest BCUT2D eigenvalue weighted by Crippen LogP contribution is -2.68. The van der Waals surface area contributed by atoms with Crippen LogP contribution in [-0.4, -0.2) is 86.2 Å². The molecule has 0 fully saturated rings. The fourth-order valence-corrected chi connectivity index (χ4v) is 11.2. The number of benzene rings is 2. The molecule has 0 unspecified atom stereocenters. The quantitative estimate of drug-likeness (QED) is 0.0571. The van der Waals surface area contributed by atoms with Crippen molar-refractivity contribution in [2.75, 3.05) is 40.8 Å². The second-order valence-electron chi connectivity index (χ2n) is 12.6. The SMILES string of the molecule is CCO/C(O)=C(\[N+]#N)[C@](O[Si](C)(C)C)(C(=O)OC)[C@@H](CO[Si](c1ccccc1)(c1ccccc1)C(C)(C)C)OC(=O)CCOCOC. The van der Waals surface area contributed by atoms with Gasteiger partial charge in [0.25, 0.3) is 8.32 Å². The van der Waals surface area contributed by atoms with Crippen molar-refractivity contribution in [2.24, 2.45) is 0 Å². The van der Waals surface area contributed by atoms with E-state index in [2.05, 4.69) is 25.7 Å². The molecule has 1 N–H and O–H groups in total. The smallest absolute Gasteiger partial charge is 0.475 e. The van der Waals surface area contributed by atoms with Gasteiger partial charge in [-0.3, -0.25) is 4.79 Å². The van der Waals surface area contributed by atoms with Gasteiger partial charge in [0.05, 0.1) is 33.4 Å². The standard InChI is InChI=1S/C33H48N2O10Si2/c1-10-42-30(37)29(35-34)33(31(38)40-6,45-46(7,8)9)27(44-28(36)21-22-41-24-39-5)23-43-47(32(2,3)4,25-17-13-11-14-18-25)26-19-15-12-16-20-26/h11-20,27H,10,21-24H2,1-9H3/p+1/b30-29-/t27-,33+/m1/s1. The van der Waals surface area contributed by atoms with Gasteiger partial charge in [-0.05, 0) is 42.0 Å². The average Bonchev–Trinajstić information content (AvgIpc) is 3.02. The van der Waals surface area contributed by atoms with Gasteiger partial charge in [-0.1, -0.05) is 81.4 Å². The van der Waals surface area contributed by atoms with Gasteiger partial charge in [-0.15, -0.1) is 0 Å².